The van der Waals surface area contributed by atoms with E-state index < -0.39 is 0 Å². The summed E-state index contributed by atoms with van der Waals surface area (Å²) >= 11 is 0. The van der Waals surface area contributed by atoms with Crippen LogP contribution >= 0.6 is 0 Å². The maximum Gasteiger partial charge on any atom is 0.180 e. The van der Waals surface area contributed by atoms with Crippen LogP contribution in [0.1, 0.15) is 43.1 Å². The number of nitrogens with zero attached hydrogens (tertiary/aromatic N) is 1. The van der Waals surface area contributed by atoms with Crippen molar-refractivity contribution in [3.8, 4) is 0 Å². The van der Waals surface area contributed by atoms with Crippen LogP contribution in [0.3, 0.4) is 0 Å². The molecule has 0 saturated heterocycles. The van der Waals surface area contributed by atoms with Gasteiger partial charge in [0.25, 0.3) is 0 Å². The molecule has 2 aromatic rings. The molecular weight excluding hydrogens is 296 g/mol. The van der Waals surface area contributed by atoms with E-state index in [9.17, 15) is 5.11 Å². The number of allylic oxidation sites excluding steroid dienone is 2. The van der Waals surface area contributed by atoms with Crippen molar-refractivity contribution >= 4 is 10.9 Å². The molecule has 1 aliphatic rings. The van der Waals surface area contributed by atoms with E-state index in [0.717, 1.165) is 24.9 Å². The van der Waals surface area contributed by atoms with E-state index in [-0.39, 0.29) is 11.9 Å². The molecule has 0 bridgehead atoms. The quantitative estimate of drug-likeness (QED) is 0.591. The monoisotopic (exact) mass is 322 g/mol. The molecule has 0 saturated carbocycles. The van der Waals surface area contributed by atoms with Crippen molar-refractivity contribution in [3.63, 3.8) is 0 Å². The second-order valence-electron chi connectivity index (χ2n) is 6.44. The molecule has 3 nitrogen and oxygen atoms in total. The van der Waals surface area contributed by atoms with E-state index in [2.05, 4.69) is 61.8 Å². The Morgan fingerprint density at radius 3 is 2.92 bits per heavy atom. The number of nitrogens with one attached hydrogen (secondary N) is 1. The first-order chi connectivity index (χ1) is 11.6. The Bertz CT molecular complexity index is 826. The van der Waals surface area contributed by atoms with Crippen LogP contribution < -0.4 is 0 Å². The fourth-order valence-corrected chi connectivity index (χ4v) is 3.73. The largest absolute Gasteiger partial charge is 0.495 e. The number of aliphatic hydroxyl groups excluding tert-OH is 1. The van der Waals surface area contributed by atoms with E-state index in [4.69, 9.17) is 0 Å². The van der Waals surface area contributed by atoms with Gasteiger partial charge in [-0.15, -0.1) is 0 Å². The van der Waals surface area contributed by atoms with Crippen molar-refractivity contribution in [2.45, 2.75) is 39.7 Å². The van der Waals surface area contributed by atoms with Gasteiger partial charge in [0, 0.05) is 23.1 Å². The fourth-order valence-electron chi connectivity index (χ4n) is 3.73. The standard InChI is InChI=1S/C21H26N2O/c1-5-7-16(8-6-2)21-20-17(11-12-23(21)15(4)24)18-13-14(3)9-10-19(18)22-20/h5,7-10,13,21-22,24H,4,6,11-12H2,1-3H3/b7-5-,16-8+. The first-order valence-electron chi connectivity index (χ1n) is 8.65. The molecule has 2 heterocycles. The number of hydrogen-bond donors (Lipinski definition) is 2. The first kappa shape index (κ1) is 16.4. The van der Waals surface area contributed by atoms with Crippen LogP contribution in [0.5, 0.6) is 0 Å². The summed E-state index contributed by atoms with van der Waals surface area (Å²) in [5.41, 5.74) is 6.17. The Hall–Kier alpha value is -2.42. The topological polar surface area (TPSA) is 39.3 Å². The average Bonchev–Trinajstić information content (AvgIpc) is 2.91. The lowest BCUT2D eigenvalue weighted by Crippen LogP contribution is -2.35. The molecule has 126 valence electrons. The number of aromatic nitrogens is 1. The predicted molar refractivity (Wildman–Crippen MR) is 101 cm³/mol. The summed E-state index contributed by atoms with van der Waals surface area (Å²) in [6.07, 6.45) is 8.28. The number of aryl methyl sites for hydroxylation is 1. The van der Waals surface area contributed by atoms with Crippen molar-refractivity contribution in [1.29, 1.82) is 0 Å². The summed E-state index contributed by atoms with van der Waals surface area (Å²) < 4.78 is 0. The van der Waals surface area contributed by atoms with Gasteiger partial charge in [0.1, 0.15) is 0 Å². The summed E-state index contributed by atoms with van der Waals surface area (Å²) in [7, 11) is 0. The second kappa shape index (κ2) is 6.60. The van der Waals surface area contributed by atoms with Crippen molar-refractivity contribution in [1.82, 2.24) is 9.88 Å². The molecular formula is C21H26N2O. The molecule has 1 aromatic carbocycles. The molecule has 1 unspecified atom stereocenters. The van der Waals surface area contributed by atoms with Crippen LogP contribution in [0.15, 0.2) is 54.5 Å². The van der Waals surface area contributed by atoms with Crippen LogP contribution in [0.25, 0.3) is 10.9 Å². The number of aromatic amines is 1. The number of hydrogen-bond acceptors (Lipinski definition) is 2. The van der Waals surface area contributed by atoms with Crippen molar-refractivity contribution in [2.75, 3.05) is 6.54 Å². The lowest BCUT2D eigenvalue weighted by atomic mass is 9.91. The van der Waals surface area contributed by atoms with Crippen LogP contribution in [0, 0.1) is 6.92 Å². The zero-order valence-corrected chi connectivity index (χ0v) is 14.8. The zero-order valence-electron chi connectivity index (χ0n) is 14.8. The molecule has 1 aromatic heterocycles. The molecule has 0 amide bonds. The minimum absolute atomic E-state index is 0.0184. The summed E-state index contributed by atoms with van der Waals surface area (Å²) in [5.74, 6) is 0.131. The van der Waals surface area contributed by atoms with Crippen molar-refractivity contribution in [2.24, 2.45) is 0 Å². The lowest BCUT2D eigenvalue weighted by Gasteiger charge is -2.37. The summed E-state index contributed by atoms with van der Waals surface area (Å²) in [5, 5.41) is 11.4. The van der Waals surface area contributed by atoms with E-state index in [1.807, 2.05) is 11.8 Å². The normalized spacial score (nSPS) is 18.4. The van der Waals surface area contributed by atoms with Gasteiger partial charge in [0.15, 0.2) is 5.88 Å². The first-order valence-corrected chi connectivity index (χ1v) is 8.65. The summed E-state index contributed by atoms with van der Waals surface area (Å²) in [4.78, 5) is 5.60. The van der Waals surface area contributed by atoms with Gasteiger partial charge in [-0.1, -0.05) is 36.8 Å². The molecule has 3 rings (SSSR count). The maximum atomic E-state index is 10.1. The second-order valence-corrected chi connectivity index (χ2v) is 6.44. The van der Waals surface area contributed by atoms with Gasteiger partial charge in [-0.25, -0.2) is 0 Å². The minimum Gasteiger partial charge on any atom is -0.495 e. The number of rotatable bonds is 4. The Morgan fingerprint density at radius 2 is 2.25 bits per heavy atom. The molecule has 0 radical (unpaired) electrons. The predicted octanol–water partition coefficient (Wildman–Crippen LogP) is 5.32. The molecule has 1 aliphatic heterocycles. The fraction of sp³-hybridized carbons (Fsp3) is 0.333. The molecule has 24 heavy (non-hydrogen) atoms. The SMILES string of the molecule is C=C(O)N1CCc2c([nH]c3ccc(C)cc23)C1C(/C=C\C)=C/CC. The average molecular weight is 322 g/mol. The third-order valence-electron chi connectivity index (χ3n) is 4.73. The van der Waals surface area contributed by atoms with Crippen LogP contribution in [0.2, 0.25) is 0 Å². The summed E-state index contributed by atoms with van der Waals surface area (Å²) in [6, 6.07) is 6.52. The highest BCUT2D eigenvalue weighted by Crippen LogP contribution is 2.40. The van der Waals surface area contributed by atoms with Crippen LogP contribution in [-0.4, -0.2) is 21.5 Å². The Labute approximate surface area is 144 Å². The van der Waals surface area contributed by atoms with Gasteiger partial charge in [-0.3, -0.25) is 0 Å². The third kappa shape index (κ3) is 2.75. The Morgan fingerprint density at radius 1 is 1.46 bits per heavy atom. The minimum atomic E-state index is -0.0184. The zero-order chi connectivity index (χ0) is 17.3. The highest BCUT2D eigenvalue weighted by molar-refractivity contribution is 5.86. The highest BCUT2D eigenvalue weighted by Gasteiger charge is 2.32. The van der Waals surface area contributed by atoms with Crippen LogP contribution in [0.4, 0.5) is 0 Å². The number of H-pyrrole nitrogens is 1. The van der Waals surface area contributed by atoms with Gasteiger partial charge in [-0.2, -0.15) is 0 Å². The molecule has 1 atom stereocenters. The molecule has 0 spiro atoms. The van der Waals surface area contributed by atoms with Gasteiger partial charge in [0.05, 0.1) is 6.04 Å². The number of aliphatic hydroxyl groups is 1. The molecule has 2 N–H and O–H groups in total. The Balaban J connectivity index is 2.22. The van der Waals surface area contributed by atoms with Gasteiger partial charge in [-0.05, 0) is 56.5 Å². The molecule has 3 heteroatoms. The smallest absolute Gasteiger partial charge is 0.180 e. The summed E-state index contributed by atoms with van der Waals surface area (Å²) in [6.45, 7) is 10.9. The van der Waals surface area contributed by atoms with E-state index in [1.54, 1.807) is 0 Å². The maximum absolute atomic E-state index is 10.1. The van der Waals surface area contributed by atoms with Crippen molar-refractivity contribution < 1.29 is 5.11 Å². The van der Waals surface area contributed by atoms with E-state index >= 15 is 0 Å². The van der Waals surface area contributed by atoms with E-state index in [0.29, 0.717) is 0 Å². The molecule has 0 aliphatic carbocycles. The van der Waals surface area contributed by atoms with Crippen LogP contribution in [-0.2, 0) is 6.42 Å². The Kier molecular flexibility index (Phi) is 4.52. The van der Waals surface area contributed by atoms with Gasteiger partial charge < -0.3 is 15.0 Å². The highest BCUT2D eigenvalue weighted by atomic mass is 16.3. The van der Waals surface area contributed by atoms with Crippen molar-refractivity contribution in [3.05, 3.63) is 71.3 Å². The molecule has 0 fully saturated rings. The third-order valence-corrected chi connectivity index (χ3v) is 4.73. The number of fused-ring (bicyclic) bond motifs is 3. The van der Waals surface area contributed by atoms with Gasteiger partial charge >= 0.3 is 0 Å². The number of benzene rings is 1. The lowest BCUT2D eigenvalue weighted by molar-refractivity contribution is 0.161. The van der Waals surface area contributed by atoms with Gasteiger partial charge in [0.2, 0.25) is 0 Å². The van der Waals surface area contributed by atoms with E-state index in [1.165, 1.54) is 27.8 Å².